The topological polar surface area (TPSA) is 77.3 Å². The second kappa shape index (κ2) is 13.6. The summed E-state index contributed by atoms with van der Waals surface area (Å²) in [6, 6.07) is 11.8. The number of nitrogens with one attached hydrogen (secondary N) is 2. The Morgan fingerprint density at radius 2 is 2.00 bits per heavy atom. The van der Waals surface area contributed by atoms with Gasteiger partial charge in [0.15, 0.2) is 5.96 Å². The van der Waals surface area contributed by atoms with E-state index in [9.17, 15) is 0 Å². The predicted octanol–water partition coefficient (Wildman–Crippen LogP) is 2.97. The molecule has 0 amide bonds. The molecule has 7 nitrogen and oxygen atoms in total. The summed E-state index contributed by atoms with van der Waals surface area (Å²) in [5, 5.41) is 6.60. The van der Waals surface area contributed by atoms with Crippen LogP contribution in [0.1, 0.15) is 24.2 Å². The lowest BCUT2D eigenvalue weighted by molar-refractivity contribution is 0.105. The molecule has 0 atom stereocenters. The number of guanidine groups is 1. The zero-order chi connectivity index (χ0) is 19.9. The van der Waals surface area contributed by atoms with Gasteiger partial charge in [0.2, 0.25) is 0 Å². The van der Waals surface area contributed by atoms with Crippen molar-refractivity contribution in [2.75, 3.05) is 40.5 Å². The Kier molecular flexibility index (Phi) is 10.6. The molecule has 7 heteroatoms. The highest BCUT2D eigenvalue weighted by atomic mass is 16.5. The van der Waals surface area contributed by atoms with Crippen LogP contribution >= 0.6 is 0 Å². The summed E-state index contributed by atoms with van der Waals surface area (Å²) in [5.41, 5.74) is 1.13. The van der Waals surface area contributed by atoms with Crippen LogP contribution in [0, 0.1) is 0 Å². The van der Waals surface area contributed by atoms with E-state index in [0.717, 1.165) is 42.4 Å². The van der Waals surface area contributed by atoms with E-state index >= 15 is 0 Å². The SMILES string of the molecule is CN=C(NCCCOCc1ccco1)NCc1cccc(OCCCOC)c1. The minimum atomic E-state index is 0.504. The highest BCUT2D eigenvalue weighted by Crippen LogP contribution is 2.13. The van der Waals surface area contributed by atoms with Gasteiger partial charge in [-0.05, 0) is 36.2 Å². The molecule has 2 aromatic rings. The number of ether oxygens (including phenoxy) is 3. The number of furan rings is 1. The summed E-state index contributed by atoms with van der Waals surface area (Å²) in [6.45, 7) is 3.97. The Morgan fingerprint density at radius 3 is 2.79 bits per heavy atom. The number of hydrogen-bond acceptors (Lipinski definition) is 5. The van der Waals surface area contributed by atoms with Crippen molar-refractivity contribution in [1.82, 2.24) is 10.6 Å². The van der Waals surface area contributed by atoms with Gasteiger partial charge >= 0.3 is 0 Å². The van der Waals surface area contributed by atoms with Gasteiger partial charge in [0, 0.05) is 46.9 Å². The van der Waals surface area contributed by atoms with E-state index in [1.807, 2.05) is 30.3 Å². The van der Waals surface area contributed by atoms with Crippen LogP contribution in [0.15, 0.2) is 52.1 Å². The lowest BCUT2D eigenvalue weighted by atomic mass is 10.2. The molecule has 0 saturated heterocycles. The summed E-state index contributed by atoms with van der Waals surface area (Å²) in [4.78, 5) is 4.25. The van der Waals surface area contributed by atoms with Crippen molar-refractivity contribution in [2.24, 2.45) is 4.99 Å². The molecule has 0 unspecified atom stereocenters. The maximum atomic E-state index is 5.74. The second-order valence-electron chi connectivity index (χ2n) is 6.18. The van der Waals surface area contributed by atoms with Gasteiger partial charge in [-0.2, -0.15) is 0 Å². The van der Waals surface area contributed by atoms with Crippen LogP contribution in [0.3, 0.4) is 0 Å². The van der Waals surface area contributed by atoms with Gasteiger partial charge in [0.05, 0.1) is 12.9 Å². The van der Waals surface area contributed by atoms with E-state index in [1.165, 1.54) is 0 Å². The van der Waals surface area contributed by atoms with Gasteiger partial charge in [-0.15, -0.1) is 0 Å². The molecule has 1 aromatic heterocycles. The van der Waals surface area contributed by atoms with E-state index in [0.29, 0.717) is 33.0 Å². The maximum Gasteiger partial charge on any atom is 0.191 e. The van der Waals surface area contributed by atoms with Crippen LogP contribution in [-0.2, 0) is 22.6 Å². The molecule has 0 aliphatic heterocycles. The second-order valence-corrected chi connectivity index (χ2v) is 6.18. The normalized spacial score (nSPS) is 11.4. The van der Waals surface area contributed by atoms with Gasteiger partial charge in [0.25, 0.3) is 0 Å². The van der Waals surface area contributed by atoms with Crippen molar-refractivity contribution in [3.63, 3.8) is 0 Å². The molecule has 0 saturated carbocycles. The zero-order valence-electron chi connectivity index (χ0n) is 16.8. The van der Waals surface area contributed by atoms with Crippen LogP contribution in [0.4, 0.5) is 0 Å². The molecule has 2 rings (SSSR count). The fraction of sp³-hybridized carbons (Fsp3) is 0.476. The summed E-state index contributed by atoms with van der Waals surface area (Å²) >= 11 is 0. The van der Waals surface area contributed by atoms with Crippen LogP contribution in [0.5, 0.6) is 5.75 Å². The molecule has 0 spiro atoms. The van der Waals surface area contributed by atoms with E-state index in [-0.39, 0.29) is 0 Å². The average Bonchev–Trinajstić information content (AvgIpc) is 3.24. The van der Waals surface area contributed by atoms with E-state index in [2.05, 4.69) is 21.7 Å². The third-order valence-electron chi connectivity index (χ3n) is 3.93. The summed E-state index contributed by atoms with van der Waals surface area (Å²) < 4.78 is 21.6. The third-order valence-corrected chi connectivity index (χ3v) is 3.93. The lowest BCUT2D eigenvalue weighted by Gasteiger charge is -2.13. The Balaban J connectivity index is 1.60. The molecule has 0 aliphatic carbocycles. The number of rotatable bonds is 13. The van der Waals surface area contributed by atoms with Crippen molar-refractivity contribution < 1.29 is 18.6 Å². The maximum absolute atomic E-state index is 5.74. The quantitative estimate of drug-likeness (QED) is 0.312. The van der Waals surface area contributed by atoms with Crippen LogP contribution < -0.4 is 15.4 Å². The zero-order valence-corrected chi connectivity index (χ0v) is 16.8. The van der Waals surface area contributed by atoms with Crippen molar-refractivity contribution >= 4 is 5.96 Å². The molecule has 0 bridgehead atoms. The number of aliphatic imine (C=N–C) groups is 1. The monoisotopic (exact) mass is 389 g/mol. The molecule has 28 heavy (non-hydrogen) atoms. The third kappa shape index (κ3) is 8.92. The minimum absolute atomic E-state index is 0.504. The number of hydrogen-bond donors (Lipinski definition) is 2. The standard InChI is InChI=1S/C21H31N3O4/c1-22-21(23-10-5-12-26-17-20-9-4-13-28-20)24-16-18-7-3-8-19(15-18)27-14-6-11-25-2/h3-4,7-9,13,15H,5-6,10-12,14,16-17H2,1-2H3,(H2,22,23,24). The summed E-state index contributed by atoms with van der Waals surface area (Å²) in [6.07, 6.45) is 3.41. The van der Waals surface area contributed by atoms with Crippen molar-refractivity contribution in [3.8, 4) is 5.75 Å². The molecular formula is C21H31N3O4. The molecule has 0 fully saturated rings. The van der Waals surface area contributed by atoms with Crippen LogP contribution in [0.2, 0.25) is 0 Å². The Morgan fingerprint density at radius 1 is 1.07 bits per heavy atom. The van der Waals surface area contributed by atoms with Gasteiger partial charge in [-0.3, -0.25) is 4.99 Å². The molecule has 2 N–H and O–H groups in total. The van der Waals surface area contributed by atoms with Crippen molar-refractivity contribution in [3.05, 3.63) is 54.0 Å². The van der Waals surface area contributed by atoms with Crippen LogP contribution in [-0.4, -0.2) is 46.5 Å². The first kappa shape index (κ1) is 21.8. The van der Waals surface area contributed by atoms with E-state index < -0.39 is 0 Å². The summed E-state index contributed by atoms with van der Waals surface area (Å²) in [7, 11) is 3.46. The first-order valence-corrected chi connectivity index (χ1v) is 9.57. The molecule has 0 aliphatic rings. The minimum Gasteiger partial charge on any atom is -0.493 e. The Labute approximate surface area is 167 Å². The first-order chi connectivity index (χ1) is 13.8. The molecule has 1 aromatic carbocycles. The fourth-order valence-corrected chi connectivity index (χ4v) is 2.49. The largest absolute Gasteiger partial charge is 0.493 e. The highest BCUT2D eigenvalue weighted by molar-refractivity contribution is 5.79. The number of methoxy groups -OCH3 is 1. The summed E-state index contributed by atoms with van der Waals surface area (Å²) in [5.74, 6) is 2.47. The van der Waals surface area contributed by atoms with Gasteiger partial charge in [-0.25, -0.2) is 0 Å². The predicted molar refractivity (Wildman–Crippen MR) is 110 cm³/mol. The fourth-order valence-electron chi connectivity index (χ4n) is 2.49. The molecule has 1 heterocycles. The van der Waals surface area contributed by atoms with Gasteiger partial charge in [-0.1, -0.05) is 12.1 Å². The Bertz CT molecular complexity index is 674. The van der Waals surface area contributed by atoms with Gasteiger partial charge < -0.3 is 29.3 Å². The number of nitrogens with zero attached hydrogens (tertiary/aromatic N) is 1. The average molecular weight is 389 g/mol. The Hall–Kier alpha value is -2.51. The highest BCUT2D eigenvalue weighted by Gasteiger charge is 2.01. The molecule has 0 radical (unpaired) electrons. The number of benzene rings is 1. The van der Waals surface area contributed by atoms with Crippen molar-refractivity contribution in [2.45, 2.75) is 26.0 Å². The smallest absolute Gasteiger partial charge is 0.191 e. The van der Waals surface area contributed by atoms with Crippen molar-refractivity contribution in [1.29, 1.82) is 0 Å². The molecule has 154 valence electrons. The first-order valence-electron chi connectivity index (χ1n) is 9.57. The van der Waals surface area contributed by atoms with Gasteiger partial charge in [0.1, 0.15) is 18.1 Å². The van der Waals surface area contributed by atoms with E-state index in [1.54, 1.807) is 20.4 Å². The van der Waals surface area contributed by atoms with E-state index in [4.69, 9.17) is 18.6 Å². The molecular weight excluding hydrogens is 358 g/mol. The van der Waals surface area contributed by atoms with Crippen LogP contribution in [0.25, 0.3) is 0 Å². The lowest BCUT2D eigenvalue weighted by Crippen LogP contribution is -2.37.